The van der Waals surface area contributed by atoms with Crippen molar-refractivity contribution in [3.63, 3.8) is 0 Å². The number of aromatic nitrogens is 1. The van der Waals surface area contributed by atoms with Crippen LogP contribution in [-0.4, -0.2) is 11.0 Å². The number of para-hydroxylation sites is 1. The van der Waals surface area contributed by atoms with Crippen molar-refractivity contribution < 1.29 is 4.74 Å². The first kappa shape index (κ1) is 14.8. The normalized spacial score (nSPS) is 12.2. The highest BCUT2D eigenvalue weighted by atomic mass is 35.5. The van der Waals surface area contributed by atoms with E-state index in [-0.39, 0.29) is 6.04 Å². The standard InChI is InChI=1S/C16H19ClN2O/c1-11-5-4-8-19-15(11)10-20-16-13(9-12(2)18)6-3-7-14(16)17/h3-8,12H,9-10,18H2,1-2H3. The maximum atomic E-state index is 6.23. The Kier molecular flexibility index (Phi) is 4.99. The summed E-state index contributed by atoms with van der Waals surface area (Å²) >= 11 is 6.23. The number of aryl methyl sites for hydroxylation is 1. The predicted octanol–water partition coefficient (Wildman–Crippen LogP) is 3.51. The number of halogens is 1. The van der Waals surface area contributed by atoms with Gasteiger partial charge in [-0.3, -0.25) is 4.98 Å². The minimum Gasteiger partial charge on any atom is -0.485 e. The molecule has 0 aliphatic heterocycles. The molecule has 1 heterocycles. The fraction of sp³-hybridized carbons (Fsp3) is 0.312. The first-order valence-electron chi connectivity index (χ1n) is 6.64. The molecule has 0 radical (unpaired) electrons. The second-order valence-corrected chi connectivity index (χ2v) is 5.37. The summed E-state index contributed by atoms with van der Waals surface area (Å²) in [5.74, 6) is 0.705. The van der Waals surface area contributed by atoms with Crippen LogP contribution < -0.4 is 10.5 Å². The van der Waals surface area contributed by atoms with Gasteiger partial charge in [0.1, 0.15) is 12.4 Å². The maximum Gasteiger partial charge on any atom is 0.141 e. The van der Waals surface area contributed by atoms with Crippen LogP contribution in [-0.2, 0) is 13.0 Å². The first-order chi connectivity index (χ1) is 9.58. The Labute approximate surface area is 124 Å². The lowest BCUT2D eigenvalue weighted by atomic mass is 10.1. The molecular formula is C16H19ClN2O. The number of nitrogens with zero attached hydrogens (tertiary/aromatic N) is 1. The fourth-order valence-corrected chi connectivity index (χ4v) is 2.28. The van der Waals surface area contributed by atoms with Gasteiger partial charge in [0, 0.05) is 12.2 Å². The molecule has 0 aliphatic rings. The van der Waals surface area contributed by atoms with Crippen LogP contribution in [0.1, 0.15) is 23.7 Å². The smallest absolute Gasteiger partial charge is 0.141 e. The van der Waals surface area contributed by atoms with Crippen molar-refractivity contribution >= 4 is 11.6 Å². The topological polar surface area (TPSA) is 48.1 Å². The maximum absolute atomic E-state index is 6.23. The third kappa shape index (κ3) is 3.71. The molecule has 0 aliphatic carbocycles. The van der Waals surface area contributed by atoms with Gasteiger partial charge in [0.15, 0.2) is 0 Å². The minimum atomic E-state index is 0.0624. The third-order valence-corrected chi connectivity index (χ3v) is 3.36. The van der Waals surface area contributed by atoms with E-state index in [1.807, 2.05) is 44.2 Å². The van der Waals surface area contributed by atoms with Crippen LogP contribution in [0.3, 0.4) is 0 Å². The lowest BCUT2D eigenvalue weighted by Crippen LogP contribution is -2.18. The summed E-state index contributed by atoms with van der Waals surface area (Å²) in [6, 6.07) is 9.73. The lowest BCUT2D eigenvalue weighted by Gasteiger charge is -2.15. The van der Waals surface area contributed by atoms with E-state index < -0.39 is 0 Å². The molecule has 4 heteroatoms. The van der Waals surface area contributed by atoms with Crippen molar-refractivity contribution in [3.8, 4) is 5.75 Å². The number of hydrogen-bond donors (Lipinski definition) is 1. The number of pyridine rings is 1. The SMILES string of the molecule is Cc1cccnc1COc1c(Cl)cccc1CC(C)N. The summed E-state index contributed by atoms with van der Waals surface area (Å²) in [6.45, 7) is 4.39. The molecule has 0 amide bonds. The monoisotopic (exact) mass is 290 g/mol. The van der Waals surface area contributed by atoms with Crippen LogP contribution in [0.15, 0.2) is 36.5 Å². The zero-order valence-electron chi connectivity index (χ0n) is 11.8. The summed E-state index contributed by atoms with van der Waals surface area (Å²) in [5.41, 5.74) is 8.91. The zero-order valence-corrected chi connectivity index (χ0v) is 12.5. The zero-order chi connectivity index (χ0) is 14.5. The molecule has 0 spiro atoms. The van der Waals surface area contributed by atoms with Crippen LogP contribution in [0.4, 0.5) is 0 Å². The number of rotatable bonds is 5. The second kappa shape index (κ2) is 6.73. The highest BCUT2D eigenvalue weighted by molar-refractivity contribution is 6.32. The highest BCUT2D eigenvalue weighted by Crippen LogP contribution is 2.30. The van der Waals surface area contributed by atoms with E-state index in [1.54, 1.807) is 6.20 Å². The Bertz CT molecular complexity index is 584. The van der Waals surface area contributed by atoms with Gasteiger partial charge in [-0.2, -0.15) is 0 Å². The molecule has 1 aromatic carbocycles. The largest absolute Gasteiger partial charge is 0.485 e. The summed E-state index contributed by atoms with van der Waals surface area (Å²) in [7, 11) is 0. The quantitative estimate of drug-likeness (QED) is 0.916. The first-order valence-corrected chi connectivity index (χ1v) is 7.02. The van der Waals surface area contributed by atoms with Crippen LogP contribution in [0.5, 0.6) is 5.75 Å². The molecule has 1 unspecified atom stereocenters. The fourth-order valence-electron chi connectivity index (χ4n) is 2.03. The van der Waals surface area contributed by atoms with Gasteiger partial charge in [-0.1, -0.05) is 29.8 Å². The summed E-state index contributed by atoms with van der Waals surface area (Å²) in [5, 5.41) is 0.608. The Hall–Kier alpha value is -1.58. The summed E-state index contributed by atoms with van der Waals surface area (Å²) in [4.78, 5) is 4.32. The average Bonchev–Trinajstić information content (AvgIpc) is 2.39. The van der Waals surface area contributed by atoms with Crippen molar-refractivity contribution in [2.45, 2.75) is 32.9 Å². The number of nitrogens with two attached hydrogens (primary N) is 1. The van der Waals surface area contributed by atoms with Gasteiger partial charge < -0.3 is 10.5 Å². The van der Waals surface area contributed by atoms with Gasteiger partial charge in [0.25, 0.3) is 0 Å². The molecule has 0 fully saturated rings. The number of hydrogen-bond acceptors (Lipinski definition) is 3. The molecule has 1 atom stereocenters. The number of benzene rings is 1. The molecule has 0 bridgehead atoms. The molecule has 0 saturated carbocycles. The summed E-state index contributed by atoms with van der Waals surface area (Å²) < 4.78 is 5.89. The van der Waals surface area contributed by atoms with Crippen molar-refractivity contribution in [1.82, 2.24) is 4.98 Å². The van der Waals surface area contributed by atoms with Crippen molar-refractivity contribution in [1.29, 1.82) is 0 Å². The second-order valence-electron chi connectivity index (χ2n) is 4.97. The molecule has 2 aromatic rings. The Morgan fingerprint density at radius 3 is 2.80 bits per heavy atom. The van der Waals surface area contributed by atoms with E-state index in [0.717, 1.165) is 23.2 Å². The Balaban J connectivity index is 2.18. The van der Waals surface area contributed by atoms with Crippen molar-refractivity contribution in [2.75, 3.05) is 0 Å². The van der Waals surface area contributed by atoms with Crippen molar-refractivity contribution in [2.24, 2.45) is 5.73 Å². The Morgan fingerprint density at radius 2 is 2.10 bits per heavy atom. The predicted molar refractivity (Wildman–Crippen MR) is 82.1 cm³/mol. The van der Waals surface area contributed by atoms with Gasteiger partial charge in [-0.15, -0.1) is 0 Å². The van der Waals surface area contributed by atoms with E-state index in [4.69, 9.17) is 22.1 Å². The van der Waals surface area contributed by atoms with E-state index in [1.165, 1.54) is 0 Å². The highest BCUT2D eigenvalue weighted by Gasteiger charge is 2.11. The molecule has 2 rings (SSSR count). The average molecular weight is 291 g/mol. The molecule has 20 heavy (non-hydrogen) atoms. The van der Waals surface area contributed by atoms with E-state index in [0.29, 0.717) is 17.4 Å². The van der Waals surface area contributed by atoms with Crippen LogP contribution in [0.2, 0.25) is 5.02 Å². The van der Waals surface area contributed by atoms with E-state index in [2.05, 4.69) is 4.98 Å². The molecule has 2 N–H and O–H groups in total. The van der Waals surface area contributed by atoms with Crippen LogP contribution >= 0.6 is 11.6 Å². The van der Waals surface area contributed by atoms with Crippen LogP contribution in [0.25, 0.3) is 0 Å². The Morgan fingerprint density at radius 1 is 1.30 bits per heavy atom. The molecule has 3 nitrogen and oxygen atoms in total. The van der Waals surface area contributed by atoms with Gasteiger partial charge in [0.05, 0.1) is 10.7 Å². The molecular weight excluding hydrogens is 272 g/mol. The minimum absolute atomic E-state index is 0.0624. The van der Waals surface area contributed by atoms with Gasteiger partial charge in [0.2, 0.25) is 0 Å². The molecule has 106 valence electrons. The van der Waals surface area contributed by atoms with Crippen LogP contribution in [0, 0.1) is 6.92 Å². The number of ether oxygens (including phenoxy) is 1. The van der Waals surface area contributed by atoms with Gasteiger partial charge in [-0.05, 0) is 43.5 Å². The van der Waals surface area contributed by atoms with Gasteiger partial charge >= 0.3 is 0 Å². The summed E-state index contributed by atoms with van der Waals surface area (Å²) in [6.07, 6.45) is 2.50. The van der Waals surface area contributed by atoms with Gasteiger partial charge in [-0.25, -0.2) is 0 Å². The van der Waals surface area contributed by atoms with E-state index in [9.17, 15) is 0 Å². The lowest BCUT2D eigenvalue weighted by molar-refractivity contribution is 0.297. The molecule has 0 saturated heterocycles. The van der Waals surface area contributed by atoms with Crippen molar-refractivity contribution in [3.05, 3.63) is 58.4 Å². The van der Waals surface area contributed by atoms with E-state index >= 15 is 0 Å². The molecule has 1 aromatic heterocycles. The third-order valence-electron chi connectivity index (χ3n) is 3.06.